The third kappa shape index (κ3) is 7.54. The zero-order valence-electron chi connectivity index (χ0n) is 18.7. The summed E-state index contributed by atoms with van der Waals surface area (Å²) in [6.07, 6.45) is 3.59. The lowest BCUT2D eigenvalue weighted by atomic mass is 10.0. The summed E-state index contributed by atoms with van der Waals surface area (Å²) in [4.78, 5) is 24.9. The molecule has 1 N–H and O–H groups in total. The lowest BCUT2D eigenvalue weighted by molar-refractivity contribution is -0.142. The molecule has 162 valence electrons. The number of nitrogens with one attached hydrogen (secondary N) is 1. The van der Waals surface area contributed by atoms with Gasteiger partial charge in [-0.05, 0) is 69.0 Å². The van der Waals surface area contributed by atoms with Crippen molar-refractivity contribution in [3.8, 4) is 5.75 Å². The molecule has 0 bridgehead atoms. The van der Waals surface area contributed by atoms with Crippen molar-refractivity contribution in [2.45, 2.75) is 65.0 Å². The molecule has 0 aliphatic carbocycles. The van der Waals surface area contributed by atoms with E-state index in [2.05, 4.69) is 12.2 Å². The quantitative estimate of drug-likeness (QED) is 0.607. The fourth-order valence-electron chi connectivity index (χ4n) is 3.06. The number of unbranched alkanes of at least 4 members (excludes halogenated alkanes) is 1. The average molecular weight is 412 g/mol. The number of aryl methyl sites for hydroxylation is 1. The van der Waals surface area contributed by atoms with Gasteiger partial charge >= 0.3 is 5.97 Å². The van der Waals surface area contributed by atoms with Crippen LogP contribution in [0, 0.1) is 0 Å². The highest BCUT2D eigenvalue weighted by atomic mass is 16.5. The van der Waals surface area contributed by atoms with E-state index in [9.17, 15) is 9.59 Å². The van der Waals surface area contributed by atoms with Crippen LogP contribution in [0.15, 0.2) is 48.5 Å². The standard InChI is InChI=1S/C25H33NO4/c1-6-7-8-18-9-13-20(14-10-18)23(27)26-22(24(28)29-5)17-19-11-15-21(16-12-19)30-25(2,3)4/h9-16,22H,6-8,17H2,1-5H3,(H,26,27). The second kappa shape index (κ2) is 10.8. The van der Waals surface area contributed by atoms with Gasteiger partial charge in [-0.15, -0.1) is 0 Å². The van der Waals surface area contributed by atoms with Crippen LogP contribution >= 0.6 is 0 Å². The summed E-state index contributed by atoms with van der Waals surface area (Å²) in [6, 6.07) is 14.3. The van der Waals surface area contributed by atoms with Crippen molar-refractivity contribution in [3.63, 3.8) is 0 Å². The van der Waals surface area contributed by atoms with Crippen molar-refractivity contribution >= 4 is 11.9 Å². The molecule has 1 unspecified atom stereocenters. The van der Waals surface area contributed by atoms with E-state index >= 15 is 0 Å². The summed E-state index contributed by atoms with van der Waals surface area (Å²) < 4.78 is 10.7. The van der Waals surface area contributed by atoms with Crippen LogP contribution in [-0.4, -0.2) is 30.6 Å². The van der Waals surface area contributed by atoms with Gasteiger partial charge in [0, 0.05) is 12.0 Å². The van der Waals surface area contributed by atoms with Crippen LogP contribution in [0.5, 0.6) is 5.75 Å². The van der Waals surface area contributed by atoms with E-state index in [1.54, 1.807) is 12.1 Å². The van der Waals surface area contributed by atoms with Crippen molar-refractivity contribution in [2.24, 2.45) is 0 Å². The highest BCUT2D eigenvalue weighted by molar-refractivity contribution is 5.96. The van der Waals surface area contributed by atoms with Crippen molar-refractivity contribution in [1.82, 2.24) is 5.32 Å². The van der Waals surface area contributed by atoms with Gasteiger partial charge in [0.15, 0.2) is 0 Å². The highest BCUT2D eigenvalue weighted by Gasteiger charge is 2.23. The Labute approximate surface area is 179 Å². The van der Waals surface area contributed by atoms with Gasteiger partial charge in [0.1, 0.15) is 17.4 Å². The monoisotopic (exact) mass is 411 g/mol. The first-order valence-corrected chi connectivity index (χ1v) is 10.5. The molecule has 0 radical (unpaired) electrons. The van der Waals surface area contributed by atoms with Crippen molar-refractivity contribution in [1.29, 1.82) is 0 Å². The molecule has 0 aliphatic heterocycles. The average Bonchev–Trinajstić information content (AvgIpc) is 2.71. The molecule has 0 saturated heterocycles. The van der Waals surface area contributed by atoms with E-state index in [1.165, 1.54) is 12.7 Å². The van der Waals surface area contributed by atoms with Gasteiger partial charge in [-0.1, -0.05) is 37.6 Å². The number of hydrogen-bond donors (Lipinski definition) is 1. The Morgan fingerprint density at radius 1 is 0.967 bits per heavy atom. The predicted octanol–water partition coefficient (Wildman–Crippen LogP) is 4.72. The summed E-state index contributed by atoms with van der Waals surface area (Å²) in [5, 5.41) is 2.80. The topological polar surface area (TPSA) is 64.6 Å². The van der Waals surface area contributed by atoms with Gasteiger partial charge in [0.2, 0.25) is 0 Å². The molecule has 1 amide bonds. The van der Waals surface area contributed by atoms with E-state index in [4.69, 9.17) is 9.47 Å². The number of hydrogen-bond acceptors (Lipinski definition) is 4. The molecule has 2 rings (SSSR count). The lowest BCUT2D eigenvalue weighted by Gasteiger charge is -2.21. The molecular weight excluding hydrogens is 378 g/mol. The maximum atomic E-state index is 12.7. The summed E-state index contributed by atoms with van der Waals surface area (Å²) in [7, 11) is 1.32. The number of benzene rings is 2. The minimum absolute atomic E-state index is 0.282. The largest absolute Gasteiger partial charge is 0.488 e. The molecule has 1 atom stereocenters. The number of esters is 1. The zero-order valence-corrected chi connectivity index (χ0v) is 18.7. The second-order valence-electron chi connectivity index (χ2n) is 8.41. The Morgan fingerprint density at radius 3 is 2.10 bits per heavy atom. The van der Waals surface area contributed by atoms with Crippen molar-refractivity contribution < 1.29 is 19.1 Å². The Balaban J connectivity index is 2.05. The van der Waals surface area contributed by atoms with Crippen LogP contribution in [0.25, 0.3) is 0 Å². The molecule has 0 spiro atoms. The molecule has 0 aromatic heterocycles. The Kier molecular flexibility index (Phi) is 8.46. The zero-order chi connectivity index (χ0) is 22.1. The number of carbonyl (C=O) groups excluding carboxylic acids is 2. The first kappa shape index (κ1) is 23.5. The molecular formula is C25H33NO4. The van der Waals surface area contributed by atoms with Gasteiger partial charge in [-0.2, -0.15) is 0 Å². The maximum absolute atomic E-state index is 12.7. The molecule has 0 aliphatic rings. The van der Waals surface area contributed by atoms with Crippen molar-refractivity contribution in [2.75, 3.05) is 7.11 Å². The molecule has 0 saturated carbocycles. The highest BCUT2D eigenvalue weighted by Crippen LogP contribution is 2.19. The summed E-state index contributed by atoms with van der Waals surface area (Å²) in [5.74, 6) is -0.00821. The summed E-state index contributed by atoms with van der Waals surface area (Å²) in [6.45, 7) is 8.11. The Bertz CT molecular complexity index is 820. The number of methoxy groups -OCH3 is 1. The van der Waals surface area contributed by atoms with Crippen LogP contribution in [0.2, 0.25) is 0 Å². The molecule has 0 fully saturated rings. The molecule has 2 aromatic carbocycles. The second-order valence-corrected chi connectivity index (χ2v) is 8.41. The molecule has 2 aromatic rings. The number of carbonyl (C=O) groups is 2. The van der Waals surface area contributed by atoms with E-state index in [-0.39, 0.29) is 11.5 Å². The normalized spacial score (nSPS) is 12.2. The van der Waals surface area contributed by atoms with E-state index < -0.39 is 12.0 Å². The SMILES string of the molecule is CCCCc1ccc(C(=O)NC(Cc2ccc(OC(C)(C)C)cc2)C(=O)OC)cc1. The van der Waals surface area contributed by atoms with E-state index in [0.717, 1.165) is 30.6 Å². The van der Waals surface area contributed by atoms with Crippen LogP contribution in [0.3, 0.4) is 0 Å². The third-order valence-electron chi connectivity index (χ3n) is 4.61. The number of rotatable bonds is 9. The molecule has 5 heteroatoms. The van der Waals surface area contributed by atoms with Gasteiger partial charge in [-0.25, -0.2) is 4.79 Å². The third-order valence-corrected chi connectivity index (χ3v) is 4.61. The van der Waals surface area contributed by atoms with Gasteiger partial charge in [-0.3, -0.25) is 4.79 Å². The smallest absolute Gasteiger partial charge is 0.328 e. The minimum atomic E-state index is -0.767. The van der Waals surface area contributed by atoms with Gasteiger partial charge < -0.3 is 14.8 Å². The number of ether oxygens (including phenoxy) is 2. The fraction of sp³-hybridized carbons (Fsp3) is 0.440. The molecule has 5 nitrogen and oxygen atoms in total. The summed E-state index contributed by atoms with van der Waals surface area (Å²) in [5.41, 5.74) is 2.35. The lowest BCUT2D eigenvalue weighted by Crippen LogP contribution is -2.43. The minimum Gasteiger partial charge on any atom is -0.488 e. The van der Waals surface area contributed by atoms with E-state index in [1.807, 2.05) is 57.2 Å². The Morgan fingerprint density at radius 2 is 1.57 bits per heavy atom. The first-order valence-electron chi connectivity index (χ1n) is 10.5. The van der Waals surface area contributed by atoms with Crippen LogP contribution in [0.1, 0.15) is 62.0 Å². The first-order chi connectivity index (χ1) is 14.2. The Hall–Kier alpha value is -2.82. The predicted molar refractivity (Wildman–Crippen MR) is 119 cm³/mol. The fourth-order valence-corrected chi connectivity index (χ4v) is 3.06. The maximum Gasteiger partial charge on any atom is 0.328 e. The number of amides is 1. The van der Waals surface area contributed by atoms with Gasteiger partial charge in [0.25, 0.3) is 5.91 Å². The van der Waals surface area contributed by atoms with Crippen molar-refractivity contribution in [3.05, 3.63) is 65.2 Å². The van der Waals surface area contributed by atoms with E-state index in [0.29, 0.717) is 12.0 Å². The molecule has 30 heavy (non-hydrogen) atoms. The summed E-state index contributed by atoms with van der Waals surface area (Å²) >= 11 is 0. The van der Waals surface area contributed by atoms with Crippen LogP contribution < -0.4 is 10.1 Å². The molecule has 0 heterocycles. The van der Waals surface area contributed by atoms with Gasteiger partial charge in [0.05, 0.1) is 7.11 Å². The van der Waals surface area contributed by atoms with Crippen LogP contribution in [0.4, 0.5) is 0 Å². The van der Waals surface area contributed by atoms with Crippen LogP contribution in [-0.2, 0) is 22.4 Å².